The lowest BCUT2D eigenvalue weighted by Crippen LogP contribution is -2.42. The zero-order chi connectivity index (χ0) is 15.9. The van der Waals surface area contributed by atoms with E-state index in [1.165, 1.54) is 0 Å². The maximum atomic E-state index is 11.8. The van der Waals surface area contributed by atoms with Crippen LogP contribution in [0.4, 0.5) is 4.79 Å². The molecule has 7 heteroatoms. The Balaban J connectivity index is 1.60. The lowest BCUT2D eigenvalue weighted by Gasteiger charge is -2.14. The molecule has 0 saturated heterocycles. The van der Waals surface area contributed by atoms with Gasteiger partial charge < -0.3 is 16.0 Å². The number of aromatic nitrogens is 1. The minimum Gasteiger partial charge on any atom is -0.354 e. The molecule has 1 aromatic rings. The third-order valence-corrected chi connectivity index (χ3v) is 4.66. The van der Waals surface area contributed by atoms with Crippen molar-refractivity contribution >= 4 is 23.3 Å². The van der Waals surface area contributed by atoms with Crippen molar-refractivity contribution in [1.29, 1.82) is 0 Å². The molecular weight excluding hydrogens is 300 g/mol. The van der Waals surface area contributed by atoms with E-state index in [1.807, 2.05) is 19.2 Å². The number of urea groups is 1. The largest absolute Gasteiger partial charge is 0.354 e. The number of aryl methyl sites for hydroxylation is 1. The van der Waals surface area contributed by atoms with Crippen LogP contribution in [0.15, 0.2) is 5.38 Å². The standard InChI is InChI=1S/C15H24N4O2S/c1-10(13-9-22-11(2)19-13)18-15(21)17-8-7-16-14(20)12-5-3-4-6-12/h9-10,12H,3-8H2,1-2H3,(H,16,20)(H2,17,18,21). The Hall–Kier alpha value is -1.63. The predicted octanol–water partition coefficient (Wildman–Crippen LogP) is 2.12. The van der Waals surface area contributed by atoms with E-state index in [9.17, 15) is 9.59 Å². The van der Waals surface area contributed by atoms with Crippen LogP contribution in [0.25, 0.3) is 0 Å². The topological polar surface area (TPSA) is 83.1 Å². The average molecular weight is 324 g/mol. The van der Waals surface area contributed by atoms with Crippen LogP contribution in [0.5, 0.6) is 0 Å². The van der Waals surface area contributed by atoms with Crippen molar-refractivity contribution in [2.45, 2.75) is 45.6 Å². The molecule has 1 heterocycles. The molecule has 1 saturated carbocycles. The van der Waals surface area contributed by atoms with Gasteiger partial charge >= 0.3 is 6.03 Å². The van der Waals surface area contributed by atoms with E-state index in [0.717, 1.165) is 36.4 Å². The molecule has 0 radical (unpaired) electrons. The first-order valence-corrected chi connectivity index (χ1v) is 8.68. The lowest BCUT2D eigenvalue weighted by atomic mass is 10.1. The van der Waals surface area contributed by atoms with Gasteiger partial charge in [0, 0.05) is 24.4 Å². The van der Waals surface area contributed by atoms with Crippen molar-refractivity contribution in [2.24, 2.45) is 5.92 Å². The number of hydrogen-bond acceptors (Lipinski definition) is 4. The first-order chi connectivity index (χ1) is 10.6. The fourth-order valence-corrected chi connectivity index (χ4v) is 3.30. The van der Waals surface area contributed by atoms with Crippen LogP contribution in [0, 0.1) is 12.8 Å². The van der Waals surface area contributed by atoms with Gasteiger partial charge in [0.1, 0.15) is 0 Å². The first kappa shape index (κ1) is 16.7. The van der Waals surface area contributed by atoms with Crippen molar-refractivity contribution in [3.63, 3.8) is 0 Å². The predicted molar refractivity (Wildman–Crippen MR) is 86.8 cm³/mol. The molecule has 1 unspecified atom stereocenters. The summed E-state index contributed by atoms with van der Waals surface area (Å²) in [5, 5.41) is 11.4. The molecule has 3 amide bonds. The Labute approximate surface area is 135 Å². The average Bonchev–Trinajstić information content (AvgIpc) is 3.14. The molecule has 3 N–H and O–H groups in total. The molecule has 22 heavy (non-hydrogen) atoms. The van der Waals surface area contributed by atoms with E-state index in [0.29, 0.717) is 13.1 Å². The SMILES string of the molecule is Cc1nc(C(C)NC(=O)NCCNC(=O)C2CCCC2)cs1. The van der Waals surface area contributed by atoms with Crippen LogP contribution in [-0.2, 0) is 4.79 Å². The second-order valence-corrected chi connectivity index (χ2v) is 6.75. The molecule has 1 aliphatic rings. The monoisotopic (exact) mass is 324 g/mol. The number of nitrogens with one attached hydrogen (secondary N) is 3. The quantitative estimate of drug-likeness (QED) is 0.701. The molecule has 0 aromatic carbocycles. The van der Waals surface area contributed by atoms with Crippen LogP contribution < -0.4 is 16.0 Å². The number of carbonyl (C=O) groups is 2. The molecular formula is C15H24N4O2S. The Morgan fingerprint density at radius 3 is 2.64 bits per heavy atom. The highest BCUT2D eigenvalue weighted by atomic mass is 32.1. The summed E-state index contributed by atoms with van der Waals surface area (Å²) in [5.41, 5.74) is 0.868. The van der Waals surface area contributed by atoms with Crippen LogP contribution in [0.2, 0.25) is 0 Å². The maximum absolute atomic E-state index is 11.8. The fraction of sp³-hybridized carbons (Fsp3) is 0.667. The van der Waals surface area contributed by atoms with Gasteiger partial charge in [-0.1, -0.05) is 12.8 Å². The van der Waals surface area contributed by atoms with Gasteiger partial charge in [-0.05, 0) is 26.7 Å². The normalized spacial score (nSPS) is 16.3. The number of carbonyl (C=O) groups excluding carboxylic acids is 2. The van der Waals surface area contributed by atoms with Gasteiger partial charge in [0.15, 0.2) is 0 Å². The summed E-state index contributed by atoms with van der Waals surface area (Å²) in [4.78, 5) is 27.9. The summed E-state index contributed by atoms with van der Waals surface area (Å²) in [6.45, 7) is 4.73. The van der Waals surface area contributed by atoms with Crippen LogP contribution in [-0.4, -0.2) is 30.0 Å². The fourth-order valence-electron chi connectivity index (χ4n) is 2.59. The van der Waals surface area contributed by atoms with Crippen molar-refractivity contribution in [3.8, 4) is 0 Å². The Morgan fingerprint density at radius 2 is 2.00 bits per heavy atom. The van der Waals surface area contributed by atoms with Crippen molar-refractivity contribution < 1.29 is 9.59 Å². The molecule has 122 valence electrons. The molecule has 0 bridgehead atoms. The summed E-state index contributed by atoms with van der Waals surface area (Å²) in [6.07, 6.45) is 4.27. The molecule has 1 atom stereocenters. The van der Waals surface area contributed by atoms with Gasteiger partial charge in [-0.2, -0.15) is 0 Å². The summed E-state index contributed by atoms with van der Waals surface area (Å²) in [5.74, 6) is 0.285. The third kappa shape index (κ3) is 4.98. The Kier molecular flexibility index (Phi) is 6.18. The molecule has 6 nitrogen and oxygen atoms in total. The van der Waals surface area contributed by atoms with E-state index in [1.54, 1.807) is 11.3 Å². The maximum Gasteiger partial charge on any atom is 0.315 e. The number of thiazole rings is 1. The van der Waals surface area contributed by atoms with E-state index >= 15 is 0 Å². The highest BCUT2D eigenvalue weighted by Crippen LogP contribution is 2.24. The number of nitrogens with zero attached hydrogens (tertiary/aromatic N) is 1. The molecule has 1 fully saturated rings. The summed E-state index contributed by atoms with van der Waals surface area (Å²) < 4.78 is 0. The van der Waals surface area contributed by atoms with Crippen molar-refractivity contribution in [3.05, 3.63) is 16.1 Å². The van der Waals surface area contributed by atoms with Crippen molar-refractivity contribution in [1.82, 2.24) is 20.9 Å². The second kappa shape index (κ2) is 8.12. The summed E-state index contributed by atoms with van der Waals surface area (Å²) in [6, 6.07) is -0.369. The van der Waals surface area contributed by atoms with E-state index < -0.39 is 0 Å². The van der Waals surface area contributed by atoms with Crippen LogP contribution in [0.3, 0.4) is 0 Å². The lowest BCUT2D eigenvalue weighted by molar-refractivity contribution is -0.124. The number of amides is 3. The zero-order valence-corrected chi connectivity index (χ0v) is 14.0. The van der Waals surface area contributed by atoms with Gasteiger partial charge in [-0.15, -0.1) is 11.3 Å². The zero-order valence-electron chi connectivity index (χ0n) is 13.1. The molecule has 0 aliphatic heterocycles. The second-order valence-electron chi connectivity index (χ2n) is 5.69. The highest BCUT2D eigenvalue weighted by molar-refractivity contribution is 7.09. The van der Waals surface area contributed by atoms with Gasteiger partial charge in [-0.25, -0.2) is 9.78 Å². The smallest absolute Gasteiger partial charge is 0.315 e. The number of hydrogen-bond donors (Lipinski definition) is 3. The van der Waals surface area contributed by atoms with Crippen LogP contribution >= 0.6 is 11.3 Å². The third-order valence-electron chi connectivity index (χ3n) is 3.86. The molecule has 1 aliphatic carbocycles. The van der Waals surface area contributed by atoms with E-state index in [4.69, 9.17) is 0 Å². The molecule has 2 rings (SSSR count). The Bertz CT molecular complexity index is 511. The summed E-state index contributed by atoms with van der Waals surface area (Å²) >= 11 is 1.57. The minimum atomic E-state index is -0.242. The highest BCUT2D eigenvalue weighted by Gasteiger charge is 2.21. The Morgan fingerprint density at radius 1 is 1.32 bits per heavy atom. The van der Waals surface area contributed by atoms with Crippen LogP contribution in [0.1, 0.15) is 49.4 Å². The first-order valence-electron chi connectivity index (χ1n) is 7.80. The van der Waals surface area contributed by atoms with Gasteiger partial charge in [0.05, 0.1) is 16.7 Å². The summed E-state index contributed by atoms with van der Waals surface area (Å²) in [7, 11) is 0. The minimum absolute atomic E-state index is 0.117. The van der Waals surface area contributed by atoms with Gasteiger partial charge in [0.2, 0.25) is 5.91 Å². The molecule has 1 aromatic heterocycles. The molecule has 0 spiro atoms. The van der Waals surface area contributed by atoms with E-state index in [2.05, 4.69) is 20.9 Å². The number of rotatable bonds is 6. The van der Waals surface area contributed by atoms with Gasteiger partial charge in [-0.3, -0.25) is 4.79 Å². The van der Waals surface area contributed by atoms with Crippen molar-refractivity contribution in [2.75, 3.05) is 13.1 Å². The van der Waals surface area contributed by atoms with Gasteiger partial charge in [0.25, 0.3) is 0 Å². The van der Waals surface area contributed by atoms with E-state index in [-0.39, 0.29) is 23.9 Å².